The molecule has 0 bridgehead atoms. The average Bonchev–Trinajstić information content (AvgIpc) is 2.35. The maximum absolute atomic E-state index is 11.9. The second kappa shape index (κ2) is 4.78. The van der Waals surface area contributed by atoms with Crippen LogP contribution in [0.5, 0.6) is 5.75 Å². The second-order valence-electron chi connectivity index (χ2n) is 3.37. The Labute approximate surface area is 97.2 Å². The molecule has 4 nitrogen and oxygen atoms in total. The molecule has 1 heterocycles. The molecule has 0 aliphatic heterocycles. The lowest BCUT2D eigenvalue weighted by Gasteiger charge is -2.05. The zero-order chi connectivity index (χ0) is 12.3. The average molecular weight is 233 g/mol. The highest BCUT2D eigenvalue weighted by Crippen LogP contribution is 2.19. The van der Waals surface area contributed by atoms with Crippen molar-refractivity contribution >= 4 is 16.8 Å². The summed E-state index contributed by atoms with van der Waals surface area (Å²) in [5, 5.41) is 0.756. The van der Waals surface area contributed by atoms with Crippen molar-refractivity contribution in [3.05, 3.63) is 36.0 Å². The molecule has 5 heteroatoms. The van der Waals surface area contributed by atoms with Crippen molar-refractivity contribution in [1.82, 2.24) is 4.98 Å². The number of benzene rings is 1. The molecular weight excluding hydrogens is 223 g/mol. The van der Waals surface area contributed by atoms with E-state index in [1.165, 1.54) is 6.07 Å². The molecule has 1 aromatic carbocycles. The number of aromatic nitrogens is 1. The Balaban J connectivity index is 2.36. The van der Waals surface area contributed by atoms with Crippen molar-refractivity contribution < 1.29 is 13.9 Å². The van der Waals surface area contributed by atoms with E-state index >= 15 is 0 Å². The Bertz CT molecular complexity index is 557. The minimum absolute atomic E-state index is 0.00610. The number of rotatable bonds is 4. The molecule has 0 spiro atoms. The van der Waals surface area contributed by atoms with Gasteiger partial charge < -0.3 is 10.5 Å². The lowest BCUT2D eigenvalue weighted by molar-refractivity contribution is 0.0996. The molecule has 2 aromatic rings. The van der Waals surface area contributed by atoms with Crippen molar-refractivity contribution in [3.63, 3.8) is 0 Å². The highest BCUT2D eigenvalue weighted by Gasteiger charge is 2.04. The number of nitrogens with zero attached hydrogens (tertiary/aromatic N) is 1. The van der Waals surface area contributed by atoms with E-state index in [0.717, 1.165) is 5.39 Å². The van der Waals surface area contributed by atoms with E-state index < -0.39 is 12.6 Å². The maximum Gasteiger partial charge on any atom is 0.267 e. The fourth-order valence-corrected chi connectivity index (χ4v) is 1.41. The van der Waals surface area contributed by atoms with Crippen LogP contribution < -0.4 is 10.5 Å². The van der Waals surface area contributed by atoms with E-state index in [1.54, 1.807) is 18.2 Å². The lowest BCUT2D eigenvalue weighted by atomic mass is 10.2. The summed E-state index contributed by atoms with van der Waals surface area (Å²) < 4.78 is 17.1. The summed E-state index contributed by atoms with van der Waals surface area (Å²) in [5.74, 6) is -0.0677. The van der Waals surface area contributed by atoms with Crippen LogP contribution in [0.1, 0.15) is 10.5 Å². The quantitative estimate of drug-likeness (QED) is 0.869. The fraction of sp³-hybridized carbons (Fsp3) is 0.167. The summed E-state index contributed by atoms with van der Waals surface area (Å²) >= 11 is 0. The van der Waals surface area contributed by atoms with Gasteiger partial charge in [-0.15, -0.1) is 0 Å². The van der Waals surface area contributed by atoms with Gasteiger partial charge in [-0.05, 0) is 18.2 Å². The number of pyridine rings is 1. The molecule has 2 N–H and O–H groups in total. The van der Waals surface area contributed by atoms with Gasteiger partial charge in [0.2, 0.25) is 0 Å². The van der Waals surface area contributed by atoms with Gasteiger partial charge in [-0.2, -0.15) is 0 Å². The normalized spacial score (nSPS) is 10.4. The Hall–Kier alpha value is -2.17. The number of hydrogen-bond donors (Lipinski definition) is 1. The summed E-state index contributed by atoms with van der Waals surface area (Å²) in [4.78, 5) is 15.0. The first-order valence-electron chi connectivity index (χ1n) is 5.02. The van der Waals surface area contributed by atoms with Crippen LogP contribution in [0, 0.1) is 6.07 Å². The van der Waals surface area contributed by atoms with E-state index in [0.29, 0.717) is 11.3 Å². The van der Waals surface area contributed by atoms with Gasteiger partial charge in [-0.1, -0.05) is 6.07 Å². The van der Waals surface area contributed by atoms with Gasteiger partial charge in [0.25, 0.3) is 5.91 Å². The van der Waals surface area contributed by atoms with Crippen LogP contribution in [-0.4, -0.2) is 24.2 Å². The second-order valence-corrected chi connectivity index (χ2v) is 3.37. The smallest absolute Gasteiger partial charge is 0.267 e. The van der Waals surface area contributed by atoms with E-state index in [1.807, 2.05) is 0 Å². The number of fused-ring (bicyclic) bond motifs is 1. The maximum atomic E-state index is 11.9. The topological polar surface area (TPSA) is 65.2 Å². The van der Waals surface area contributed by atoms with Gasteiger partial charge in [0.15, 0.2) is 0 Å². The van der Waals surface area contributed by atoms with Crippen LogP contribution in [0.3, 0.4) is 0 Å². The van der Waals surface area contributed by atoms with Gasteiger partial charge in [0, 0.05) is 11.5 Å². The fourth-order valence-electron chi connectivity index (χ4n) is 1.41. The molecule has 0 saturated heterocycles. The van der Waals surface area contributed by atoms with Crippen molar-refractivity contribution in [2.45, 2.75) is 0 Å². The van der Waals surface area contributed by atoms with Crippen LogP contribution in [0.2, 0.25) is 0 Å². The minimum Gasteiger partial charge on any atom is -0.491 e. The first-order valence-corrected chi connectivity index (χ1v) is 5.02. The molecule has 0 saturated carbocycles. The standard InChI is InChI=1S/C12H10FN2O2/c13-5-6-17-9-2-4-10-8(7-9)1-3-11(15-10)12(14)16/h1-3,7H,5-6H2,(H2,14,16). The molecule has 1 amide bonds. The molecule has 1 radical (unpaired) electrons. The molecule has 0 fully saturated rings. The largest absolute Gasteiger partial charge is 0.491 e. The Kier molecular flexibility index (Phi) is 3.18. The number of amides is 1. The van der Waals surface area contributed by atoms with Crippen LogP contribution in [0.15, 0.2) is 24.3 Å². The third kappa shape index (κ3) is 2.50. The predicted octanol–water partition coefficient (Wildman–Crippen LogP) is 1.48. The molecule has 0 aliphatic rings. The van der Waals surface area contributed by atoms with Crippen molar-refractivity contribution in [1.29, 1.82) is 0 Å². The Morgan fingerprint density at radius 1 is 1.53 bits per heavy atom. The van der Waals surface area contributed by atoms with Gasteiger partial charge >= 0.3 is 0 Å². The van der Waals surface area contributed by atoms with Gasteiger partial charge in [0.05, 0.1) is 5.52 Å². The molecule has 0 aliphatic carbocycles. The summed E-state index contributed by atoms with van der Waals surface area (Å²) in [5.41, 5.74) is 5.83. The Morgan fingerprint density at radius 3 is 3.06 bits per heavy atom. The van der Waals surface area contributed by atoms with Crippen LogP contribution >= 0.6 is 0 Å². The first-order chi connectivity index (χ1) is 8.20. The number of halogens is 1. The van der Waals surface area contributed by atoms with Crippen molar-refractivity contribution in [2.75, 3.05) is 13.3 Å². The van der Waals surface area contributed by atoms with Crippen LogP contribution in [0.4, 0.5) is 4.39 Å². The van der Waals surface area contributed by atoms with Gasteiger partial charge in [0.1, 0.15) is 24.7 Å². The van der Waals surface area contributed by atoms with E-state index in [9.17, 15) is 9.18 Å². The van der Waals surface area contributed by atoms with Crippen LogP contribution in [0.25, 0.3) is 10.9 Å². The molecule has 2 rings (SSSR count). The lowest BCUT2D eigenvalue weighted by Crippen LogP contribution is -2.12. The van der Waals surface area contributed by atoms with E-state index in [4.69, 9.17) is 10.5 Å². The molecule has 0 unspecified atom stereocenters. The zero-order valence-electron chi connectivity index (χ0n) is 8.94. The minimum atomic E-state index is -0.585. The summed E-state index contributed by atoms with van der Waals surface area (Å²) in [7, 11) is 0. The van der Waals surface area contributed by atoms with Gasteiger partial charge in [-0.3, -0.25) is 4.79 Å². The summed E-state index contributed by atoms with van der Waals surface area (Å²) in [6, 6.07) is 9.34. The van der Waals surface area contributed by atoms with Crippen molar-refractivity contribution in [3.8, 4) is 5.75 Å². The first kappa shape index (κ1) is 11.3. The number of nitrogens with two attached hydrogens (primary N) is 1. The number of alkyl halides is 1. The molecule has 1 aromatic heterocycles. The number of carbonyl (C=O) groups is 1. The Morgan fingerprint density at radius 2 is 2.35 bits per heavy atom. The third-order valence-corrected chi connectivity index (χ3v) is 2.17. The number of carbonyl (C=O) groups excluding carboxylic acids is 1. The summed E-state index contributed by atoms with van der Waals surface area (Å²) in [6.45, 7) is -0.539. The molecule has 0 atom stereocenters. The zero-order valence-corrected chi connectivity index (χ0v) is 8.94. The van der Waals surface area contributed by atoms with Crippen molar-refractivity contribution in [2.24, 2.45) is 5.73 Å². The third-order valence-electron chi connectivity index (χ3n) is 2.17. The highest BCUT2D eigenvalue weighted by atomic mass is 19.1. The summed E-state index contributed by atoms with van der Waals surface area (Å²) in [6.07, 6.45) is 0. The van der Waals surface area contributed by atoms with E-state index in [2.05, 4.69) is 11.1 Å². The monoisotopic (exact) mass is 233 g/mol. The molecular formula is C12H10FN2O2. The van der Waals surface area contributed by atoms with E-state index in [-0.39, 0.29) is 12.3 Å². The number of hydrogen-bond acceptors (Lipinski definition) is 3. The predicted molar refractivity (Wildman–Crippen MR) is 60.6 cm³/mol. The number of primary amides is 1. The SMILES string of the molecule is NC(=O)c1ccc2cc(OCCF)c[c]c2n1. The molecule has 87 valence electrons. The van der Waals surface area contributed by atoms with Crippen LogP contribution in [-0.2, 0) is 0 Å². The number of ether oxygens (including phenoxy) is 1. The molecule has 17 heavy (non-hydrogen) atoms. The highest BCUT2D eigenvalue weighted by molar-refractivity contribution is 5.93. The van der Waals surface area contributed by atoms with Gasteiger partial charge in [-0.25, -0.2) is 9.37 Å².